The van der Waals surface area contributed by atoms with E-state index < -0.39 is 38.6 Å². The molecule has 0 saturated heterocycles. The lowest BCUT2D eigenvalue weighted by molar-refractivity contribution is -0.124. The number of unbranched alkanes of at least 4 members (excludes halogenated alkanes) is 28. The van der Waals surface area contributed by atoms with Crippen molar-refractivity contribution in [3.63, 3.8) is 0 Å². The van der Waals surface area contributed by atoms with Gasteiger partial charge < -0.3 is 26.2 Å². The first-order chi connectivity index (χ1) is 27.3. The smallest absolute Gasteiger partial charge is 0.393 e. The molecule has 0 bridgehead atoms. The van der Waals surface area contributed by atoms with Gasteiger partial charge in [-0.1, -0.05) is 199 Å². The quantitative estimate of drug-likeness (QED) is 0.0232. The van der Waals surface area contributed by atoms with E-state index in [4.69, 9.17) is 14.8 Å². The zero-order valence-corrected chi connectivity index (χ0v) is 37.4. The van der Waals surface area contributed by atoms with Crippen molar-refractivity contribution >= 4 is 13.7 Å². The predicted octanol–water partition coefficient (Wildman–Crippen LogP) is 12.3. The minimum absolute atomic E-state index is 0.0490. The minimum atomic E-state index is -4.40. The normalized spacial score (nSPS) is 14.8. The standard InChI is InChI=1S/C46H91N2O7P/c1-3-5-7-9-11-13-15-17-19-21-22-23-25-27-29-31-33-35-37-43(49)41-46(51)48-44(42-55-56(52,53)54-40-39-47)45(50)38-36-34-32-30-28-26-24-20-18-16-14-12-10-8-6-4-2/h22-23,36,38,43-45,49-50H,3-21,24-35,37,39-42,47H2,1-2H3,(H,48,51)(H,52,53)/b23-22-,38-36+. The summed E-state index contributed by atoms with van der Waals surface area (Å²) in [6.45, 7) is 3.99. The summed E-state index contributed by atoms with van der Waals surface area (Å²) < 4.78 is 22.1. The number of carbonyl (C=O) groups excluding carboxylic acids is 1. The Morgan fingerprint density at radius 3 is 1.43 bits per heavy atom. The van der Waals surface area contributed by atoms with E-state index in [2.05, 4.69) is 31.3 Å². The van der Waals surface area contributed by atoms with Crippen LogP contribution in [0.5, 0.6) is 0 Å². The summed E-state index contributed by atoms with van der Waals surface area (Å²) in [4.78, 5) is 22.8. The summed E-state index contributed by atoms with van der Waals surface area (Å²) >= 11 is 0. The molecule has 332 valence electrons. The van der Waals surface area contributed by atoms with Gasteiger partial charge in [0.25, 0.3) is 0 Å². The van der Waals surface area contributed by atoms with E-state index >= 15 is 0 Å². The Kier molecular flexibility index (Phi) is 41.3. The molecular formula is C46H91N2O7P. The SMILES string of the molecule is CCCCCCCCCCC/C=C\CCCCCCCC(O)CC(=O)NC(COP(=O)(O)OCCN)C(O)/C=C/CCCCCCCCCCCCCCCC. The number of aliphatic hydroxyl groups excluding tert-OH is 2. The minimum Gasteiger partial charge on any atom is -0.393 e. The van der Waals surface area contributed by atoms with Gasteiger partial charge in [-0.3, -0.25) is 13.8 Å². The first kappa shape index (κ1) is 54.9. The van der Waals surface area contributed by atoms with Gasteiger partial charge >= 0.3 is 7.82 Å². The van der Waals surface area contributed by atoms with Gasteiger partial charge in [-0.05, 0) is 44.9 Å². The lowest BCUT2D eigenvalue weighted by atomic mass is 10.0. The van der Waals surface area contributed by atoms with Crippen molar-refractivity contribution in [3.8, 4) is 0 Å². The summed E-state index contributed by atoms with van der Waals surface area (Å²) in [7, 11) is -4.40. The van der Waals surface area contributed by atoms with Crippen molar-refractivity contribution in [2.24, 2.45) is 5.73 Å². The van der Waals surface area contributed by atoms with Crippen LogP contribution in [0.15, 0.2) is 24.3 Å². The van der Waals surface area contributed by atoms with Crippen LogP contribution in [0.1, 0.15) is 226 Å². The van der Waals surface area contributed by atoms with Crippen LogP contribution >= 0.6 is 7.82 Å². The summed E-state index contributed by atoms with van der Waals surface area (Å²) in [6.07, 6.45) is 45.4. The Balaban J connectivity index is 4.27. The fourth-order valence-corrected chi connectivity index (χ4v) is 7.75. The topological polar surface area (TPSA) is 151 Å². The fraction of sp³-hybridized carbons (Fsp3) is 0.891. The number of nitrogens with one attached hydrogen (secondary N) is 1. The van der Waals surface area contributed by atoms with E-state index in [1.54, 1.807) is 6.08 Å². The van der Waals surface area contributed by atoms with Crippen LogP contribution in [0.25, 0.3) is 0 Å². The number of hydrogen-bond acceptors (Lipinski definition) is 7. The highest BCUT2D eigenvalue weighted by atomic mass is 31.2. The summed E-state index contributed by atoms with van der Waals surface area (Å²) in [5.74, 6) is -0.449. The number of phosphoric acid groups is 1. The molecule has 0 fully saturated rings. The molecule has 10 heteroatoms. The van der Waals surface area contributed by atoms with E-state index in [-0.39, 0.29) is 19.6 Å². The number of hydrogen-bond donors (Lipinski definition) is 5. The fourth-order valence-electron chi connectivity index (χ4n) is 6.99. The molecule has 0 aromatic rings. The van der Waals surface area contributed by atoms with E-state index in [9.17, 15) is 24.5 Å². The average molecular weight is 815 g/mol. The van der Waals surface area contributed by atoms with Crippen molar-refractivity contribution < 1.29 is 33.5 Å². The van der Waals surface area contributed by atoms with Gasteiger partial charge in [-0.15, -0.1) is 0 Å². The van der Waals surface area contributed by atoms with Crippen molar-refractivity contribution in [2.45, 2.75) is 244 Å². The number of allylic oxidation sites excluding steroid dienone is 3. The molecule has 0 aromatic carbocycles. The Morgan fingerprint density at radius 2 is 1.00 bits per heavy atom. The number of nitrogens with two attached hydrogens (primary N) is 1. The molecule has 4 atom stereocenters. The van der Waals surface area contributed by atoms with E-state index in [0.717, 1.165) is 51.4 Å². The van der Waals surface area contributed by atoms with Gasteiger partial charge in [-0.25, -0.2) is 4.57 Å². The number of aliphatic hydroxyl groups is 2. The molecule has 0 spiro atoms. The molecule has 0 radical (unpaired) electrons. The molecule has 0 aromatic heterocycles. The molecule has 4 unspecified atom stereocenters. The second kappa shape index (κ2) is 42.1. The van der Waals surface area contributed by atoms with Crippen LogP contribution in [0.4, 0.5) is 0 Å². The molecule has 1 amide bonds. The number of phosphoric ester groups is 1. The van der Waals surface area contributed by atoms with Crippen LogP contribution in [0.2, 0.25) is 0 Å². The first-order valence-corrected chi connectivity index (χ1v) is 25.0. The maximum atomic E-state index is 12.8. The molecule has 0 aliphatic rings. The Morgan fingerprint density at radius 1 is 0.607 bits per heavy atom. The predicted molar refractivity (Wildman–Crippen MR) is 237 cm³/mol. The van der Waals surface area contributed by atoms with Gasteiger partial charge in [0.1, 0.15) is 0 Å². The summed E-state index contributed by atoms with van der Waals surface area (Å²) in [5, 5.41) is 24.1. The number of rotatable bonds is 44. The van der Waals surface area contributed by atoms with Gasteiger partial charge in [0.15, 0.2) is 0 Å². The van der Waals surface area contributed by atoms with Crippen LogP contribution in [-0.4, -0.2) is 59.0 Å². The highest BCUT2D eigenvalue weighted by Gasteiger charge is 2.27. The van der Waals surface area contributed by atoms with Gasteiger partial charge in [-0.2, -0.15) is 0 Å². The molecule has 0 saturated carbocycles. The second-order valence-electron chi connectivity index (χ2n) is 16.2. The molecule has 0 aliphatic carbocycles. The first-order valence-electron chi connectivity index (χ1n) is 23.5. The Labute approximate surface area is 345 Å². The maximum absolute atomic E-state index is 12.8. The highest BCUT2D eigenvalue weighted by molar-refractivity contribution is 7.47. The van der Waals surface area contributed by atoms with E-state index in [0.29, 0.717) is 6.42 Å². The van der Waals surface area contributed by atoms with Gasteiger partial charge in [0.05, 0.1) is 37.9 Å². The van der Waals surface area contributed by atoms with Crippen LogP contribution in [0, 0.1) is 0 Å². The lowest BCUT2D eigenvalue weighted by Crippen LogP contribution is -2.46. The molecule has 9 nitrogen and oxygen atoms in total. The Bertz CT molecular complexity index is 950. The third-order valence-electron chi connectivity index (χ3n) is 10.6. The van der Waals surface area contributed by atoms with Crippen molar-refractivity contribution in [2.75, 3.05) is 19.8 Å². The third kappa shape index (κ3) is 39.8. The van der Waals surface area contributed by atoms with E-state index in [1.165, 1.54) is 148 Å². The molecule has 0 rings (SSSR count). The summed E-state index contributed by atoms with van der Waals surface area (Å²) in [6, 6.07) is -0.983. The van der Waals surface area contributed by atoms with Crippen LogP contribution < -0.4 is 11.1 Å². The zero-order chi connectivity index (χ0) is 41.2. The van der Waals surface area contributed by atoms with Crippen molar-refractivity contribution in [1.82, 2.24) is 5.32 Å². The van der Waals surface area contributed by atoms with E-state index in [1.807, 2.05) is 6.08 Å². The van der Waals surface area contributed by atoms with Crippen molar-refractivity contribution in [3.05, 3.63) is 24.3 Å². The lowest BCUT2D eigenvalue weighted by Gasteiger charge is -2.24. The van der Waals surface area contributed by atoms with Crippen LogP contribution in [-0.2, 0) is 18.4 Å². The van der Waals surface area contributed by atoms with Crippen LogP contribution in [0.3, 0.4) is 0 Å². The molecule has 0 aliphatic heterocycles. The molecule has 6 N–H and O–H groups in total. The molecule has 0 heterocycles. The average Bonchev–Trinajstić information content (AvgIpc) is 3.17. The van der Waals surface area contributed by atoms with Gasteiger partial charge in [0.2, 0.25) is 5.91 Å². The summed E-state index contributed by atoms with van der Waals surface area (Å²) in [5.41, 5.74) is 5.37. The maximum Gasteiger partial charge on any atom is 0.472 e. The Hall–Kier alpha value is -1.06. The number of amides is 1. The second-order valence-corrected chi connectivity index (χ2v) is 17.6. The number of carbonyl (C=O) groups is 1. The molecule has 56 heavy (non-hydrogen) atoms. The zero-order valence-electron chi connectivity index (χ0n) is 36.5. The van der Waals surface area contributed by atoms with Gasteiger partial charge in [0, 0.05) is 6.54 Å². The largest absolute Gasteiger partial charge is 0.472 e. The monoisotopic (exact) mass is 815 g/mol. The highest BCUT2D eigenvalue weighted by Crippen LogP contribution is 2.43. The third-order valence-corrected chi connectivity index (χ3v) is 11.6. The molecular weight excluding hydrogens is 723 g/mol. The van der Waals surface area contributed by atoms with Crippen molar-refractivity contribution in [1.29, 1.82) is 0 Å².